The molecule has 0 radical (unpaired) electrons. The molecule has 0 saturated heterocycles. The standard InChI is InChI=1S/C14H18ClNO/c15-9-3-5-11-4-1-8-13(10-11)16-14(17)12-6-2-7-12/h1,4,8,10,12H,2-3,5-7,9H2,(H,16,17). The van der Waals surface area contributed by atoms with Crippen LogP contribution < -0.4 is 5.32 Å². The van der Waals surface area contributed by atoms with Crippen molar-refractivity contribution in [3.63, 3.8) is 0 Å². The van der Waals surface area contributed by atoms with Gasteiger partial charge in [0.05, 0.1) is 0 Å². The van der Waals surface area contributed by atoms with Crippen LogP contribution >= 0.6 is 11.6 Å². The van der Waals surface area contributed by atoms with Crippen LogP contribution in [0.5, 0.6) is 0 Å². The van der Waals surface area contributed by atoms with Gasteiger partial charge in [-0.2, -0.15) is 0 Å². The number of rotatable bonds is 5. The van der Waals surface area contributed by atoms with Crippen molar-refractivity contribution in [2.45, 2.75) is 32.1 Å². The van der Waals surface area contributed by atoms with Crippen molar-refractivity contribution in [2.24, 2.45) is 5.92 Å². The fourth-order valence-corrected chi connectivity index (χ4v) is 2.12. The number of hydrogen-bond acceptors (Lipinski definition) is 1. The first-order valence-electron chi connectivity index (χ1n) is 6.25. The molecular weight excluding hydrogens is 234 g/mol. The lowest BCUT2D eigenvalue weighted by atomic mass is 9.85. The lowest BCUT2D eigenvalue weighted by Crippen LogP contribution is -2.28. The largest absolute Gasteiger partial charge is 0.326 e. The highest BCUT2D eigenvalue weighted by Crippen LogP contribution is 2.27. The number of carbonyl (C=O) groups is 1. The number of nitrogens with one attached hydrogen (secondary N) is 1. The molecule has 2 nitrogen and oxygen atoms in total. The lowest BCUT2D eigenvalue weighted by Gasteiger charge is -2.24. The van der Waals surface area contributed by atoms with Crippen LogP contribution in [0, 0.1) is 5.92 Å². The van der Waals surface area contributed by atoms with Gasteiger partial charge in [-0.15, -0.1) is 11.6 Å². The zero-order chi connectivity index (χ0) is 12.1. The fourth-order valence-electron chi connectivity index (χ4n) is 1.99. The van der Waals surface area contributed by atoms with Crippen molar-refractivity contribution in [2.75, 3.05) is 11.2 Å². The molecule has 1 aromatic carbocycles. The van der Waals surface area contributed by atoms with Crippen molar-refractivity contribution >= 4 is 23.2 Å². The Morgan fingerprint density at radius 2 is 2.24 bits per heavy atom. The van der Waals surface area contributed by atoms with Gasteiger partial charge in [0.2, 0.25) is 5.91 Å². The van der Waals surface area contributed by atoms with Crippen LogP contribution in [0.2, 0.25) is 0 Å². The second-order valence-electron chi connectivity index (χ2n) is 4.61. The van der Waals surface area contributed by atoms with Crippen LogP contribution in [0.25, 0.3) is 0 Å². The molecule has 0 aliphatic heterocycles. The van der Waals surface area contributed by atoms with Crippen molar-refractivity contribution in [1.82, 2.24) is 0 Å². The number of aryl methyl sites for hydroxylation is 1. The minimum Gasteiger partial charge on any atom is -0.326 e. The highest BCUT2D eigenvalue weighted by molar-refractivity contribution is 6.17. The predicted molar refractivity (Wildman–Crippen MR) is 71.5 cm³/mol. The van der Waals surface area contributed by atoms with Gasteiger partial charge in [-0.25, -0.2) is 0 Å². The van der Waals surface area contributed by atoms with Crippen LogP contribution in [0.1, 0.15) is 31.2 Å². The Labute approximate surface area is 107 Å². The summed E-state index contributed by atoms with van der Waals surface area (Å²) in [6.45, 7) is 0. The van der Waals surface area contributed by atoms with Crippen LogP contribution in [0.4, 0.5) is 5.69 Å². The summed E-state index contributed by atoms with van der Waals surface area (Å²) in [7, 11) is 0. The third-order valence-electron chi connectivity index (χ3n) is 3.27. The zero-order valence-electron chi connectivity index (χ0n) is 9.92. The van der Waals surface area contributed by atoms with E-state index in [9.17, 15) is 4.79 Å². The Morgan fingerprint density at radius 3 is 2.88 bits per heavy atom. The van der Waals surface area contributed by atoms with E-state index >= 15 is 0 Å². The van der Waals surface area contributed by atoms with Gasteiger partial charge in [0, 0.05) is 17.5 Å². The SMILES string of the molecule is O=C(Nc1cccc(CCCCl)c1)C1CCC1. The first kappa shape index (κ1) is 12.4. The number of alkyl halides is 1. The number of anilines is 1. The molecule has 0 unspecified atom stereocenters. The summed E-state index contributed by atoms with van der Waals surface area (Å²) in [6.07, 6.45) is 5.21. The summed E-state index contributed by atoms with van der Waals surface area (Å²) in [6, 6.07) is 8.05. The summed E-state index contributed by atoms with van der Waals surface area (Å²) < 4.78 is 0. The van der Waals surface area contributed by atoms with E-state index in [1.807, 2.05) is 18.2 Å². The molecular formula is C14H18ClNO. The van der Waals surface area contributed by atoms with E-state index in [-0.39, 0.29) is 11.8 Å². The van der Waals surface area contributed by atoms with E-state index in [2.05, 4.69) is 11.4 Å². The van der Waals surface area contributed by atoms with E-state index in [1.165, 1.54) is 12.0 Å². The molecule has 17 heavy (non-hydrogen) atoms. The number of hydrogen-bond donors (Lipinski definition) is 1. The maximum absolute atomic E-state index is 11.8. The molecule has 1 N–H and O–H groups in total. The molecule has 2 rings (SSSR count). The molecule has 92 valence electrons. The monoisotopic (exact) mass is 251 g/mol. The summed E-state index contributed by atoms with van der Waals surface area (Å²) in [5.74, 6) is 1.09. The molecule has 1 aliphatic rings. The molecule has 1 saturated carbocycles. The van der Waals surface area contributed by atoms with Crippen molar-refractivity contribution in [3.05, 3.63) is 29.8 Å². The number of halogens is 1. The molecule has 3 heteroatoms. The van der Waals surface area contributed by atoms with E-state index in [0.29, 0.717) is 5.88 Å². The second kappa shape index (κ2) is 6.06. The van der Waals surface area contributed by atoms with E-state index < -0.39 is 0 Å². The molecule has 1 aromatic rings. The Hall–Kier alpha value is -1.02. The van der Waals surface area contributed by atoms with E-state index in [1.54, 1.807) is 0 Å². The number of benzene rings is 1. The zero-order valence-corrected chi connectivity index (χ0v) is 10.7. The maximum Gasteiger partial charge on any atom is 0.227 e. The molecule has 0 atom stereocenters. The van der Waals surface area contributed by atoms with Crippen molar-refractivity contribution in [1.29, 1.82) is 0 Å². The van der Waals surface area contributed by atoms with Crippen LogP contribution in [-0.2, 0) is 11.2 Å². The molecule has 0 bridgehead atoms. The Kier molecular flexibility index (Phi) is 4.43. The van der Waals surface area contributed by atoms with Gasteiger partial charge in [0.1, 0.15) is 0 Å². The second-order valence-corrected chi connectivity index (χ2v) is 4.99. The maximum atomic E-state index is 11.8. The Balaban J connectivity index is 1.93. The summed E-state index contributed by atoms with van der Waals surface area (Å²) in [4.78, 5) is 11.8. The molecule has 1 amide bonds. The predicted octanol–water partition coefficient (Wildman–Crippen LogP) is 3.60. The van der Waals surface area contributed by atoms with Gasteiger partial charge in [-0.1, -0.05) is 18.6 Å². The van der Waals surface area contributed by atoms with Crippen molar-refractivity contribution in [3.8, 4) is 0 Å². The van der Waals surface area contributed by atoms with E-state index in [0.717, 1.165) is 31.4 Å². The number of carbonyl (C=O) groups excluding carboxylic acids is 1. The quantitative estimate of drug-likeness (QED) is 0.796. The highest BCUT2D eigenvalue weighted by atomic mass is 35.5. The lowest BCUT2D eigenvalue weighted by molar-refractivity contribution is -0.122. The average molecular weight is 252 g/mol. The van der Waals surface area contributed by atoms with E-state index in [4.69, 9.17) is 11.6 Å². The molecule has 0 heterocycles. The van der Waals surface area contributed by atoms with Crippen LogP contribution in [0.3, 0.4) is 0 Å². The first-order valence-corrected chi connectivity index (χ1v) is 6.79. The Bertz CT molecular complexity index is 388. The fraction of sp³-hybridized carbons (Fsp3) is 0.500. The minimum absolute atomic E-state index is 0.172. The van der Waals surface area contributed by atoms with Gasteiger partial charge in [0.25, 0.3) is 0 Å². The summed E-state index contributed by atoms with van der Waals surface area (Å²) in [5, 5.41) is 2.99. The third-order valence-corrected chi connectivity index (χ3v) is 3.54. The topological polar surface area (TPSA) is 29.1 Å². The van der Waals surface area contributed by atoms with Crippen LogP contribution in [0.15, 0.2) is 24.3 Å². The summed E-state index contributed by atoms with van der Waals surface area (Å²) in [5.41, 5.74) is 2.14. The van der Waals surface area contributed by atoms with Crippen molar-refractivity contribution < 1.29 is 4.79 Å². The van der Waals surface area contributed by atoms with Gasteiger partial charge in [-0.05, 0) is 43.4 Å². The number of amides is 1. The third kappa shape index (κ3) is 3.47. The first-order chi connectivity index (χ1) is 8.29. The summed E-state index contributed by atoms with van der Waals surface area (Å²) >= 11 is 5.67. The Morgan fingerprint density at radius 1 is 1.41 bits per heavy atom. The highest BCUT2D eigenvalue weighted by Gasteiger charge is 2.24. The van der Waals surface area contributed by atoms with Gasteiger partial charge < -0.3 is 5.32 Å². The normalized spacial score (nSPS) is 15.4. The van der Waals surface area contributed by atoms with Gasteiger partial charge >= 0.3 is 0 Å². The molecule has 1 fully saturated rings. The molecule has 0 spiro atoms. The van der Waals surface area contributed by atoms with Gasteiger partial charge in [0.15, 0.2) is 0 Å². The van der Waals surface area contributed by atoms with Crippen LogP contribution in [-0.4, -0.2) is 11.8 Å². The minimum atomic E-state index is 0.172. The van der Waals surface area contributed by atoms with Gasteiger partial charge in [-0.3, -0.25) is 4.79 Å². The average Bonchev–Trinajstić information content (AvgIpc) is 2.24. The smallest absolute Gasteiger partial charge is 0.227 e. The molecule has 0 aromatic heterocycles. The molecule has 1 aliphatic carbocycles.